The molecule has 1 aliphatic heterocycles. The molecular weight excluding hydrogens is 372 g/mol. The molecule has 1 aliphatic carbocycles. The third-order valence-corrected chi connectivity index (χ3v) is 5.43. The van der Waals surface area contributed by atoms with Crippen LogP contribution in [0.4, 0.5) is 5.69 Å². The number of para-hydroxylation sites is 1. The molecule has 3 atom stereocenters. The van der Waals surface area contributed by atoms with Gasteiger partial charge in [0.15, 0.2) is 6.61 Å². The number of ether oxygens (including phenoxy) is 1. The van der Waals surface area contributed by atoms with Crippen molar-refractivity contribution in [1.82, 2.24) is 4.90 Å². The zero-order valence-corrected chi connectivity index (χ0v) is 16.9. The average Bonchev–Trinajstić information content (AvgIpc) is 2.97. The van der Waals surface area contributed by atoms with Crippen LogP contribution in [0.1, 0.15) is 33.6 Å². The van der Waals surface area contributed by atoms with Crippen LogP contribution in [0.15, 0.2) is 42.5 Å². The first-order valence-corrected chi connectivity index (χ1v) is 9.88. The number of likely N-dealkylation sites (tertiary alicyclic amines) is 1. The average molecular weight is 398 g/mol. The monoisotopic (exact) mass is 398 g/mol. The molecule has 0 N–H and O–H groups in total. The summed E-state index contributed by atoms with van der Waals surface area (Å²) in [5.41, 5.74) is 0.707. The van der Waals surface area contributed by atoms with Gasteiger partial charge in [0.1, 0.15) is 6.04 Å². The molecule has 3 amide bonds. The maximum atomic E-state index is 12.7. The van der Waals surface area contributed by atoms with Crippen molar-refractivity contribution in [3.8, 4) is 0 Å². The van der Waals surface area contributed by atoms with E-state index in [0.717, 1.165) is 4.90 Å². The number of benzene rings is 1. The van der Waals surface area contributed by atoms with Gasteiger partial charge < -0.3 is 9.64 Å². The molecule has 7 nitrogen and oxygen atoms in total. The van der Waals surface area contributed by atoms with Gasteiger partial charge in [0.2, 0.25) is 11.8 Å². The van der Waals surface area contributed by atoms with E-state index in [4.69, 9.17) is 4.74 Å². The smallest absolute Gasteiger partial charge is 0.329 e. The first-order chi connectivity index (χ1) is 13.8. The van der Waals surface area contributed by atoms with Gasteiger partial charge in [0, 0.05) is 11.7 Å². The molecule has 1 saturated heterocycles. The number of rotatable bonds is 6. The molecule has 0 saturated carbocycles. The van der Waals surface area contributed by atoms with Gasteiger partial charge in [-0.25, -0.2) is 4.79 Å². The number of amides is 3. The molecule has 0 bridgehead atoms. The molecular formula is C22H26N2O5. The Labute approximate surface area is 170 Å². The molecule has 29 heavy (non-hydrogen) atoms. The van der Waals surface area contributed by atoms with E-state index >= 15 is 0 Å². The SMILES string of the molecule is CC(C)N(C(=O)COC(=O)[C@H](C)N1C(=O)[C@H]2CC=CC[C@H]2C1=O)c1ccccc1. The lowest BCUT2D eigenvalue weighted by atomic mass is 9.85. The quantitative estimate of drug-likeness (QED) is 0.417. The standard InChI is InChI=1S/C22H26N2O5/c1-14(2)23(16-9-5-4-6-10-16)19(25)13-29-22(28)15(3)24-20(26)17-11-7-8-12-18(17)21(24)27/h4-10,14-15,17-18H,11-13H2,1-3H3/t15-,17-,18+/m0/s1. The summed E-state index contributed by atoms with van der Waals surface area (Å²) in [6.45, 7) is 4.74. The van der Waals surface area contributed by atoms with E-state index in [1.165, 1.54) is 6.92 Å². The van der Waals surface area contributed by atoms with Gasteiger partial charge in [-0.2, -0.15) is 0 Å². The summed E-state index contributed by atoms with van der Waals surface area (Å²) in [4.78, 5) is 52.9. The Morgan fingerprint density at radius 1 is 1.03 bits per heavy atom. The molecule has 1 heterocycles. The van der Waals surface area contributed by atoms with Crippen LogP contribution in [0, 0.1) is 11.8 Å². The van der Waals surface area contributed by atoms with E-state index in [1.54, 1.807) is 17.0 Å². The molecule has 0 unspecified atom stereocenters. The van der Waals surface area contributed by atoms with E-state index < -0.39 is 30.5 Å². The number of hydrogen-bond acceptors (Lipinski definition) is 5. The highest BCUT2D eigenvalue weighted by Crippen LogP contribution is 2.36. The van der Waals surface area contributed by atoms with Crippen LogP contribution < -0.4 is 4.90 Å². The number of carbonyl (C=O) groups is 4. The molecule has 2 aliphatic rings. The number of fused-ring (bicyclic) bond motifs is 1. The van der Waals surface area contributed by atoms with Gasteiger partial charge in [-0.1, -0.05) is 30.4 Å². The van der Waals surface area contributed by atoms with E-state index in [2.05, 4.69) is 0 Å². The summed E-state index contributed by atoms with van der Waals surface area (Å²) in [6, 6.07) is 7.93. The van der Waals surface area contributed by atoms with Crippen LogP contribution in [0.5, 0.6) is 0 Å². The fourth-order valence-electron chi connectivity index (χ4n) is 3.95. The number of imide groups is 1. The third-order valence-electron chi connectivity index (χ3n) is 5.43. The molecule has 1 fully saturated rings. The van der Waals surface area contributed by atoms with Gasteiger partial charge in [0.05, 0.1) is 11.8 Å². The molecule has 154 valence electrons. The summed E-state index contributed by atoms with van der Waals surface area (Å²) in [5, 5.41) is 0. The summed E-state index contributed by atoms with van der Waals surface area (Å²) in [6.07, 6.45) is 4.79. The van der Waals surface area contributed by atoms with Crippen LogP contribution in [0.3, 0.4) is 0 Å². The zero-order valence-electron chi connectivity index (χ0n) is 16.9. The summed E-state index contributed by atoms with van der Waals surface area (Å²) in [7, 11) is 0. The van der Waals surface area contributed by atoms with Crippen molar-refractivity contribution in [3.63, 3.8) is 0 Å². The van der Waals surface area contributed by atoms with Gasteiger partial charge >= 0.3 is 5.97 Å². The van der Waals surface area contributed by atoms with E-state index in [9.17, 15) is 19.2 Å². The summed E-state index contributed by atoms with van der Waals surface area (Å²) in [5.74, 6) is -2.62. The number of carbonyl (C=O) groups excluding carboxylic acids is 4. The molecule has 0 radical (unpaired) electrons. The van der Waals surface area contributed by atoms with Crippen LogP contribution >= 0.6 is 0 Å². The number of nitrogens with zero attached hydrogens (tertiary/aromatic N) is 2. The van der Waals surface area contributed by atoms with Crippen LogP contribution in [-0.4, -0.2) is 47.3 Å². The Kier molecular flexibility index (Phi) is 6.15. The lowest BCUT2D eigenvalue weighted by Crippen LogP contribution is -2.46. The predicted octanol–water partition coefficient (Wildman–Crippen LogP) is 2.31. The number of allylic oxidation sites excluding steroid dienone is 2. The van der Waals surface area contributed by atoms with E-state index in [1.807, 2.05) is 44.2 Å². The topological polar surface area (TPSA) is 84.0 Å². The minimum atomic E-state index is -1.06. The van der Waals surface area contributed by atoms with Crippen LogP contribution in [0.2, 0.25) is 0 Å². The minimum Gasteiger partial charge on any atom is -0.454 e. The van der Waals surface area contributed by atoms with Crippen LogP contribution in [-0.2, 0) is 23.9 Å². The Bertz CT molecular complexity index is 807. The van der Waals surface area contributed by atoms with Crippen molar-refractivity contribution >= 4 is 29.4 Å². The zero-order chi connectivity index (χ0) is 21.1. The Hall–Kier alpha value is -2.96. The highest BCUT2D eigenvalue weighted by atomic mass is 16.5. The van der Waals surface area contributed by atoms with Crippen molar-refractivity contribution < 1.29 is 23.9 Å². The largest absolute Gasteiger partial charge is 0.454 e. The number of esters is 1. The van der Waals surface area contributed by atoms with Crippen molar-refractivity contribution in [2.24, 2.45) is 11.8 Å². The maximum absolute atomic E-state index is 12.7. The summed E-state index contributed by atoms with van der Waals surface area (Å²) >= 11 is 0. The highest BCUT2D eigenvalue weighted by Gasteiger charge is 2.50. The summed E-state index contributed by atoms with van der Waals surface area (Å²) < 4.78 is 5.19. The Balaban J connectivity index is 1.63. The highest BCUT2D eigenvalue weighted by molar-refractivity contribution is 6.08. The van der Waals surface area contributed by atoms with Gasteiger partial charge in [0.25, 0.3) is 5.91 Å². The lowest BCUT2D eigenvalue weighted by Gasteiger charge is -2.27. The second kappa shape index (κ2) is 8.59. The lowest BCUT2D eigenvalue weighted by molar-refractivity contribution is -0.159. The van der Waals surface area contributed by atoms with Gasteiger partial charge in [-0.05, 0) is 45.7 Å². The Morgan fingerprint density at radius 3 is 2.10 bits per heavy atom. The Morgan fingerprint density at radius 2 is 1.59 bits per heavy atom. The van der Waals surface area contributed by atoms with Gasteiger partial charge in [-0.3, -0.25) is 19.3 Å². The fraction of sp³-hybridized carbons (Fsp3) is 0.455. The van der Waals surface area contributed by atoms with Crippen molar-refractivity contribution in [3.05, 3.63) is 42.5 Å². The molecule has 0 spiro atoms. The number of anilines is 1. The van der Waals surface area contributed by atoms with Crippen molar-refractivity contribution in [1.29, 1.82) is 0 Å². The third kappa shape index (κ3) is 4.09. The molecule has 7 heteroatoms. The second-order valence-electron chi connectivity index (χ2n) is 7.68. The maximum Gasteiger partial charge on any atom is 0.329 e. The van der Waals surface area contributed by atoms with E-state index in [0.29, 0.717) is 18.5 Å². The predicted molar refractivity (Wildman–Crippen MR) is 107 cm³/mol. The molecule has 1 aromatic rings. The normalized spacial score (nSPS) is 21.9. The first kappa shape index (κ1) is 20.8. The fourth-order valence-corrected chi connectivity index (χ4v) is 3.95. The molecule has 0 aromatic heterocycles. The van der Waals surface area contributed by atoms with Crippen molar-refractivity contribution in [2.45, 2.75) is 45.7 Å². The van der Waals surface area contributed by atoms with Gasteiger partial charge in [-0.15, -0.1) is 0 Å². The van der Waals surface area contributed by atoms with E-state index in [-0.39, 0.29) is 23.8 Å². The minimum absolute atomic E-state index is 0.126. The number of hydrogen-bond donors (Lipinski definition) is 0. The molecule has 1 aromatic carbocycles. The first-order valence-electron chi connectivity index (χ1n) is 9.88. The van der Waals surface area contributed by atoms with Crippen LogP contribution in [0.25, 0.3) is 0 Å². The molecule has 3 rings (SSSR count). The second-order valence-corrected chi connectivity index (χ2v) is 7.68. The van der Waals surface area contributed by atoms with Crippen molar-refractivity contribution in [2.75, 3.05) is 11.5 Å².